The molecular weight excluding hydrogens is 176 g/mol. The molecule has 2 heteroatoms. The highest BCUT2D eigenvalue weighted by molar-refractivity contribution is 5.70. The molecule has 0 fully saturated rings. The highest BCUT2D eigenvalue weighted by atomic mass is 16.3. The normalized spacial score (nSPS) is 11.3. The molecule has 0 spiro atoms. The van der Waals surface area contributed by atoms with Gasteiger partial charge >= 0.3 is 0 Å². The fourth-order valence-electron chi connectivity index (χ4n) is 1.31. The lowest BCUT2D eigenvalue weighted by atomic mass is 10.2. The van der Waals surface area contributed by atoms with Crippen LogP contribution in [0, 0.1) is 13.8 Å². The first-order valence-electron chi connectivity index (χ1n) is 4.53. The zero-order valence-electron chi connectivity index (χ0n) is 8.28. The van der Waals surface area contributed by atoms with E-state index in [1.807, 2.05) is 38.1 Å². The van der Waals surface area contributed by atoms with Crippen molar-refractivity contribution in [2.24, 2.45) is 0 Å². The van der Waals surface area contributed by atoms with Gasteiger partial charge in [-0.1, -0.05) is 12.2 Å². The maximum atomic E-state index is 5.19. The van der Waals surface area contributed by atoms with E-state index in [9.17, 15) is 0 Å². The summed E-state index contributed by atoms with van der Waals surface area (Å²) in [5, 5.41) is 0. The van der Waals surface area contributed by atoms with E-state index in [-0.39, 0.29) is 0 Å². The number of aryl methyl sites for hydroxylation is 2. The molecule has 14 heavy (non-hydrogen) atoms. The third-order valence-corrected chi connectivity index (χ3v) is 2.24. The summed E-state index contributed by atoms with van der Waals surface area (Å²) >= 11 is 0. The van der Waals surface area contributed by atoms with Gasteiger partial charge in [-0.2, -0.15) is 0 Å². The summed E-state index contributed by atoms with van der Waals surface area (Å²) in [6.45, 7) is 3.89. The minimum absolute atomic E-state index is 0.933. The largest absolute Gasteiger partial charge is 0.469 e. The standard InChI is InChI=1S/C12H12O2/c1-9-11(5-7-13-9)3-4-12-6-8-14-10(12)2/h3-8H,1-2H3/b4-3+. The molecule has 2 nitrogen and oxygen atoms in total. The smallest absolute Gasteiger partial charge is 0.107 e. The first kappa shape index (κ1) is 8.88. The maximum absolute atomic E-state index is 5.19. The Labute approximate surface area is 82.8 Å². The van der Waals surface area contributed by atoms with Crippen LogP contribution in [0.15, 0.2) is 33.5 Å². The third kappa shape index (κ3) is 1.64. The molecule has 0 amide bonds. The summed E-state index contributed by atoms with van der Waals surface area (Å²) in [6, 6.07) is 3.89. The summed E-state index contributed by atoms with van der Waals surface area (Å²) in [5.41, 5.74) is 2.20. The monoisotopic (exact) mass is 188 g/mol. The Morgan fingerprint density at radius 1 is 0.857 bits per heavy atom. The van der Waals surface area contributed by atoms with Crippen LogP contribution in [-0.2, 0) is 0 Å². The highest BCUT2D eigenvalue weighted by Crippen LogP contribution is 2.15. The molecule has 0 saturated heterocycles. The van der Waals surface area contributed by atoms with Gasteiger partial charge in [-0.05, 0) is 26.0 Å². The van der Waals surface area contributed by atoms with E-state index in [0.717, 1.165) is 22.6 Å². The first-order chi connectivity index (χ1) is 6.77. The average Bonchev–Trinajstić information content (AvgIpc) is 2.72. The summed E-state index contributed by atoms with van der Waals surface area (Å²) in [4.78, 5) is 0. The molecule has 0 aromatic carbocycles. The van der Waals surface area contributed by atoms with Crippen LogP contribution in [0.25, 0.3) is 12.2 Å². The molecule has 2 heterocycles. The zero-order valence-corrected chi connectivity index (χ0v) is 8.28. The zero-order chi connectivity index (χ0) is 9.97. The Morgan fingerprint density at radius 3 is 1.57 bits per heavy atom. The SMILES string of the molecule is Cc1occc1/C=C/c1ccoc1C. The van der Waals surface area contributed by atoms with E-state index in [0.29, 0.717) is 0 Å². The van der Waals surface area contributed by atoms with Crippen LogP contribution in [0.1, 0.15) is 22.6 Å². The Kier molecular flexibility index (Phi) is 2.27. The van der Waals surface area contributed by atoms with Gasteiger partial charge in [-0.3, -0.25) is 0 Å². The van der Waals surface area contributed by atoms with E-state index < -0.39 is 0 Å². The van der Waals surface area contributed by atoms with Gasteiger partial charge in [0.05, 0.1) is 12.5 Å². The van der Waals surface area contributed by atoms with Crippen LogP contribution in [-0.4, -0.2) is 0 Å². The summed E-state index contributed by atoms with van der Waals surface area (Å²) in [5.74, 6) is 1.87. The molecule has 0 aliphatic rings. The van der Waals surface area contributed by atoms with Crippen molar-refractivity contribution in [1.82, 2.24) is 0 Å². The first-order valence-corrected chi connectivity index (χ1v) is 4.53. The van der Waals surface area contributed by atoms with Crippen molar-refractivity contribution in [1.29, 1.82) is 0 Å². The summed E-state index contributed by atoms with van der Waals surface area (Å²) in [7, 11) is 0. The third-order valence-electron chi connectivity index (χ3n) is 2.24. The molecule has 0 saturated carbocycles. The minimum Gasteiger partial charge on any atom is -0.469 e. The second kappa shape index (κ2) is 3.58. The van der Waals surface area contributed by atoms with E-state index >= 15 is 0 Å². The van der Waals surface area contributed by atoms with Crippen LogP contribution in [0.4, 0.5) is 0 Å². The van der Waals surface area contributed by atoms with Gasteiger partial charge in [0.15, 0.2) is 0 Å². The predicted octanol–water partition coefficient (Wildman–Crippen LogP) is 3.66. The molecule has 72 valence electrons. The van der Waals surface area contributed by atoms with Crippen LogP contribution in [0.3, 0.4) is 0 Å². The van der Waals surface area contributed by atoms with Crippen molar-refractivity contribution < 1.29 is 8.83 Å². The van der Waals surface area contributed by atoms with Crippen molar-refractivity contribution >= 4 is 12.2 Å². The number of hydrogen-bond acceptors (Lipinski definition) is 2. The van der Waals surface area contributed by atoms with Gasteiger partial charge in [-0.15, -0.1) is 0 Å². The van der Waals surface area contributed by atoms with Gasteiger partial charge < -0.3 is 8.83 Å². The molecule has 0 N–H and O–H groups in total. The Balaban J connectivity index is 2.23. The molecule has 0 aliphatic carbocycles. The molecule has 2 rings (SSSR count). The Hall–Kier alpha value is -1.70. The number of furan rings is 2. The second-order valence-corrected chi connectivity index (χ2v) is 3.20. The fraction of sp³-hybridized carbons (Fsp3) is 0.167. The second-order valence-electron chi connectivity index (χ2n) is 3.20. The molecule has 2 aromatic rings. The number of hydrogen-bond donors (Lipinski definition) is 0. The van der Waals surface area contributed by atoms with Gasteiger partial charge in [0.2, 0.25) is 0 Å². The van der Waals surface area contributed by atoms with Gasteiger partial charge in [0, 0.05) is 11.1 Å². The topological polar surface area (TPSA) is 26.3 Å². The molecular formula is C12H12O2. The summed E-state index contributed by atoms with van der Waals surface area (Å²) in [6.07, 6.45) is 7.43. The van der Waals surface area contributed by atoms with Crippen LogP contribution in [0.5, 0.6) is 0 Å². The number of rotatable bonds is 2. The van der Waals surface area contributed by atoms with Crippen molar-refractivity contribution in [3.05, 3.63) is 47.3 Å². The average molecular weight is 188 g/mol. The highest BCUT2D eigenvalue weighted by Gasteiger charge is 1.98. The van der Waals surface area contributed by atoms with Crippen molar-refractivity contribution in [2.45, 2.75) is 13.8 Å². The van der Waals surface area contributed by atoms with Crippen LogP contribution >= 0.6 is 0 Å². The lowest BCUT2D eigenvalue weighted by Gasteiger charge is -1.89. The van der Waals surface area contributed by atoms with Crippen LogP contribution in [0.2, 0.25) is 0 Å². The molecule has 2 aromatic heterocycles. The Bertz CT molecular complexity index is 404. The molecule has 0 unspecified atom stereocenters. The Morgan fingerprint density at radius 2 is 1.29 bits per heavy atom. The maximum Gasteiger partial charge on any atom is 0.107 e. The van der Waals surface area contributed by atoms with Gasteiger partial charge in [0.1, 0.15) is 11.5 Å². The van der Waals surface area contributed by atoms with Crippen molar-refractivity contribution in [3.8, 4) is 0 Å². The van der Waals surface area contributed by atoms with Gasteiger partial charge in [0.25, 0.3) is 0 Å². The van der Waals surface area contributed by atoms with Crippen LogP contribution < -0.4 is 0 Å². The molecule has 0 atom stereocenters. The molecule has 0 bridgehead atoms. The van der Waals surface area contributed by atoms with Gasteiger partial charge in [-0.25, -0.2) is 0 Å². The predicted molar refractivity (Wildman–Crippen MR) is 55.8 cm³/mol. The van der Waals surface area contributed by atoms with Crippen molar-refractivity contribution in [2.75, 3.05) is 0 Å². The molecule has 0 radical (unpaired) electrons. The van der Waals surface area contributed by atoms with E-state index in [1.54, 1.807) is 12.5 Å². The van der Waals surface area contributed by atoms with E-state index in [4.69, 9.17) is 8.83 Å². The summed E-state index contributed by atoms with van der Waals surface area (Å²) < 4.78 is 10.4. The fourth-order valence-corrected chi connectivity index (χ4v) is 1.31. The quantitative estimate of drug-likeness (QED) is 0.718. The minimum atomic E-state index is 0.933. The lowest BCUT2D eigenvalue weighted by Crippen LogP contribution is -1.71. The van der Waals surface area contributed by atoms with E-state index in [1.165, 1.54) is 0 Å². The lowest BCUT2D eigenvalue weighted by molar-refractivity contribution is 0.533. The molecule has 0 aliphatic heterocycles. The van der Waals surface area contributed by atoms with Crippen molar-refractivity contribution in [3.63, 3.8) is 0 Å². The van der Waals surface area contributed by atoms with E-state index in [2.05, 4.69) is 0 Å².